The van der Waals surface area contributed by atoms with Crippen LogP contribution in [0.1, 0.15) is 18.1 Å². The Balaban J connectivity index is 2.68. The third kappa shape index (κ3) is 2.34. The minimum atomic E-state index is 0.598. The van der Waals surface area contributed by atoms with Crippen molar-refractivity contribution >= 4 is 6.21 Å². The van der Waals surface area contributed by atoms with Crippen LogP contribution in [0, 0.1) is 6.92 Å². The summed E-state index contributed by atoms with van der Waals surface area (Å²) >= 11 is 0. The van der Waals surface area contributed by atoms with Crippen molar-refractivity contribution in [2.45, 2.75) is 13.8 Å². The van der Waals surface area contributed by atoms with Crippen LogP contribution in [0.15, 0.2) is 23.6 Å². The fourth-order valence-corrected chi connectivity index (χ4v) is 0.798. The highest BCUT2D eigenvalue weighted by Gasteiger charge is 1.91. The Bertz CT molecular complexity index is 271. The summed E-state index contributed by atoms with van der Waals surface area (Å²) in [5.41, 5.74) is 2.14. The zero-order chi connectivity index (χ0) is 8.81. The monoisotopic (exact) mass is 164 g/mol. The largest absolute Gasteiger partial charge is 0.396 e. The fourth-order valence-electron chi connectivity index (χ4n) is 0.798. The first-order valence-electron chi connectivity index (χ1n) is 3.90. The van der Waals surface area contributed by atoms with Gasteiger partial charge in [-0.25, -0.2) is 0 Å². The molecule has 3 nitrogen and oxygen atoms in total. The molecule has 0 unspecified atom stereocenters. The van der Waals surface area contributed by atoms with Crippen LogP contribution in [-0.2, 0) is 4.84 Å². The highest BCUT2D eigenvalue weighted by atomic mass is 16.6. The Morgan fingerprint density at radius 3 is 3.17 bits per heavy atom. The number of hydrogen-bond donors (Lipinski definition) is 0. The third-order valence-electron chi connectivity index (χ3n) is 1.46. The van der Waals surface area contributed by atoms with Crippen molar-refractivity contribution in [2.24, 2.45) is 5.16 Å². The minimum absolute atomic E-state index is 0.598. The van der Waals surface area contributed by atoms with Crippen LogP contribution < -0.4 is 0 Å². The number of nitrogens with zero attached hydrogens (tertiary/aromatic N) is 2. The number of hydrogen-bond acceptors (Lipinski definition) is 3. The minimum Gasteiger partial charge on any atom is -0.396 e. The van der Waals surface area contributed by atoms with Crippen molar-refractivity contribution in [2.75, 3.05) is 6.61 Å². The summed E-state index contributed by atoms with van der Waals surface area (Å²) in [6.45, 7) is 4.48. The van der Waals surface area contributed by atoms with E-state index in [9.17, 15) is 0 Å². The quantitative estimate of drug-likeness (QED) is 0.504. The maximum Gasteiger partial charge on any atom is 0.114 e. The fraction of sp³-hybridized carbons (Fsp3) is 0.333. The summed E-state index contributed by atoms with van der Waals surface area (Å²) in [6, 6.07) is 1.90. The van der Waals surface area contributed by atoms with Crippen molar-refractivity contribution < 1.29 is 4.84 Å². The van der Waals surface area contributed by atoms with Gasteiger partial charge in [0.05, 0.1) is 6.21 Å². The second-order valence-corrected chi connectivity index (χ2v) is 2.38. The van der Waals surface area contributed by atoms with Crippen molar-refractivity contribution in [1.29, 1.82) is 0 Å². The van der Waals surface area contributed by atoms with Crippen molar-refractivity contribution in [1.82, 2.24) is 4.98 Å². The molecule has 12 heavy (non-hydrogen) atoms. The van der Waals surface area contributed by atoms with E-state index in [0.29, 0.717) is 6.61 Å². The number of pyridine rings is 1. The van der Waals surface area contributed by atoms with Crippen LogP contribution in [-0.4, -0.2) is 17.8 Å². The summed E-state index contributed by atoms with van der Waals surface area (Å²) < 4.78 is 0. The topological polar surface area (TPSA) is 34.5 Å². The van der Waals surface area contributed by atoms with Crippen LogP contribution >= 0.6 is 0 Å². The number of aryl methyl sites for hydroxylation is 1. The van der Waals surface area contributed by atoms with Gasteiger partial charge in [0.2, 0.25) is 0 Å². The number of rotatable bonds is 3. The molecule has 0 bridgehead atoms. The molecule has 1 heterocycles. The highest BCUT2D eigenvalue weighted by Crippen LogP contribution is 2.00. The van der Waals surface area contributed by atoms with Gasteiger partial charge in [0.1, 0.15) is 6.61 Å². The lowest BCUT2D eigenvalue weighted by molar-refractivity contribution is 0.160. The zero-order valence-electron chi connectivity index (χ0n) is 7.32. The molecule has 0 saturated heterocycles. The summed E-state index contributed by atoms with van der Waals surface area (Å²) in [7, 11) is 0. The van der Waals surface area contributed by atoms with Gasteiger partial charge in [-0.2, -0.15) is 0 Å². The SMILES string of the molecule is CCO/N=C/c1ccncc1C. The Morgan fingerprint density at radius 1 is 1.67 bits per heavy atom. The predicted octanol–water partition coefficient (Wildman–Crippen LogP) is 1.76. The van der Waals surface area contributed by atoms with E-state index in [1.165, 1.54) is 0 Å². The third-order valence-corrected chi connectivity index (χ3v) is 1.46. The average Bonchev–Trinajstić information content (AvgIpc) is 2.09. The summed E-state index contributed by atoms with van der Waals surface area (Å²) in [5, 5.41) is 3.77. The van der Waals surface area contributed by atoms with E-state index in [4.69, 9.17) is 4.84 Å². The second kappa shape index (κ2) is 4.49. The van der Waals surface area contributed by atoms with E-state index < -0.39 is 0 Å². The van der Waals surface area contributed by atoms with Crippen molar-refractivity contribution in [3.05, 3.63) is 29.6 Å². The molecule has 1 rings (SSSR count). The Kier molecular flexibility index (Phi) is 3.26. The molecular weight excluding hydrogens is 152 g/mol. The molecule has 64 valence electrons. The molecule has 0 amide bonds. The van der Waals surface area contributed by atoms with Gasteiger partial charge in [0.15, 0.2) is 0 Å². The smallest absolute Gasteiger partial charge is 0.114 e. The molecule has 0 aliphatic heterocycles. The highest BCUT2D eigenvalue weighted by molar-refractivity contribution is 5.80. The van der Waals surface area contributed by atoms with Gasteiger partial charge in [-0.05, 0) is 25.5 Å². The molecule has 1 aromatic heterocycles. The molecule has 0 aromatic carbocycles. The van der Waals surface area contributed by atoms with E-state index in [1.807, 2.05) is 19.9 Å². The molecule has 0 fully saturated rings. The lowest BCUT2D eigenvalue weighted by Gasteiger charge is -1.96. The van der Waals surface area contributed by atoms with Gasteiger partial charge in [-0.15, -0.1) is 0 Å². The van der Waals surface area contributed by atoms with Crippen LogP contribution in [0.3, 0.4) is 0 Å². The molecule has 0 saturated carbocycles. The van der Waals surface area contributed by atoms with Crippen molar-refractivity contribution in [3.63, 3.8) is 0 Å². The van der Waals surface area contributed by atoms with Gasteiger partial charge < -0.3 is 4.84 Å². The summed E-state index contributed by atoms with van der Waals surface area (Å²) in [4.78, 5) is 8.81. The summed E-state index contributed by atoms with van der Waals surface area (Å²) in [5.74, 6) is 0. The number of oxime groups is 1. The van der Waals surface area contributed by atoms with Crippen LogP contribution in [0.5, 0.6) is 0 Å². The Hall–Kier alpha value is -1.38. The molecular formula is C9H12N2O. The molecule has 0 aliphatic rings. The predicted molar refractivity (Wildman–Crippen MR) is 48.2 cm³/mol. The molecule has 0 N–H and O–H groups in total. The van der Waals surface area contributed by atoms with Crippen LogP contribution in [0.25, 0.3) is 0 Å². The first-order chi connectivity index (χ1) is 5.84. The lowest BCUT2D eigenvalue weighted by atomic mass is 10.2. The maximum absolute atomic E-state index is 4.84. The molecule has 0 radical (unpaired) electrons. The lowest BCUT2D eigenvalue weighted by Crippen LogP contribution is -1.89. The van der Waals surface area contributed by atoms with Gasteiger partial charge in [0.25, 0.3) is 0 Å². The van der Waals surface area contributed by atoms with Crippen LogP contribution in [0.2, 0.25) is 0 Å². The first-order valence-corrected chi connectivity index (χ1v) is 3.90. The number of aromatic nitrogens is 1. The van der Waals surface area contributed by atoms with Gasteiger partial charge in [-0.3, -0.25) is 4.98 Å². The maximum atomic E-state index is 4.84. The van der Waals surface area contributed by atoms with Gasteiger partial charge in [-0.1, -0.05) is 5.16 Å². The van der Waals surface area contributed by atoms with Crippen LogP contribution in [0.4, 0.5) is 0 Å². The Morgan fingerprint density at radius 2 is 2.50 bits per heavy atom. The molecule has 0 spiro atoms. The second-order valence-electron chi connectivity index (χ2n) is 2.38. The van der Waals surface area contributed by atoms with E-state index in [0.717, 1.165) is 11.1 Å². The molecule has 0 atom stereocenters. The van der Waals surface area contributed by atoms with E-state index in [1.54, 1.807) is 18.6 Å². The Labute approximate surface area is 72.1 Å². The van der Waals surface area contributed by atoms with E-state index >= 15 is 0 Å². The normalized spacial score (nSPS) is 10.5. The first kappa shape index (κ1) is 8.71. The summed E-state index contributed by atoms with van der Waals surface area (Å²) in [6.07, 6.45) is 5.23. The van der Waals surface area contributed by atoms with E-state index in [2.05, 4.69) is 10.1 Å². The molecule has 0 aliphatic carbocycles. The van der Waals surface area contributed by atoms with E-state index in [-0.39, 0.29) is 0 Å². The van der Waals surface area contributed by atoms with Crippen molar-refractivity contribution in [3.8, 4) is 0 Å². The van der Waals surface area contributed by atoms with Gasteiger partial charge >= 0.3 is 0 Å². The standard InChI is InChI=1S/C9H12N2O/c1-3-12-11-7-9-4-5-10-6-8(9)2/h4-7H,3H2,1-2H3/b11-7+. The molecule has 1 aromatic rings. The average molecular weight is 164 g/mol. The van der Waals surface area contributed by atoms with Gasteiger partial charge in [0, 0.05) is 18.0 Å². The zero-order valence-corrected chi connectivity index (χ0v) is 7.32. The molecule has 3 heteroatoms.